The van der Waals surface area contributed by atoms with E-state index in [9.17, 15) is 4.57 Å². The molecule has 6 nitrogen and oxygen atoms in total. The molecule has 4 atom stereocenters. The Kier molecular flexibility index (Phi) is 2.88. The van der Waals surface area contributed by atoms with E-state index in [4.69, 9.17) is 15.1 Å². The molecule has 0 aromatic rings. The van der Waals surface area contributed by atoms with E-state index in [1.54, 1.807) is 0 Å². The molecule has 1 heterocycles. The molecule has 0 aliphatic carbocycles. The highest BCUT2D eigenvalue weighted by Crippen LogP contribution is 2.53. The number of hydrogen-bond acceptors (Lipinski definition) is 5. The molecule has 0 aromatic carbocycles. The average molecular weight is 198 g/mol. The SMILES string of the molecule is C[C@H]1OP(=O)(O)OC1[C@H](O)CO. The lowest BCUT2D eigenvalue weighted by Gasteiger charge is -2.15. The van der Waals surface area contributed by atoms with Crippen LogP contribution in [0.15, 0.2) is 0 Å². The number of hydrogen-bond donors (Lipinski definition) is 3. The van der Waals surface area contributed by atoms with E-state index in [2.05, 4.69) is 9.05 Å². The van der Waals surface area contributed by atoms with Crippen LogP contribution in [0.4, 0.5) is 0 Å². The normalized spacial score (nSPS) is 44.7. The maximum Gasteiger partial charge on any atom is 0.472 e. The summed E-state index contributed by atoms with van der Waals surface area (Å²) in [6, 6.07) is 0. The van der Waals surface area contributed by atoms with Crippen LogP contribution in [0, 0.1) is 0 Å². The van der Waals surface area contributed by atoms with Crippen molar-refractivity contribution in [2.75, 3.05) is 6.61 Å². The lowest BCUT2D eigenvalue weighted by atomic mass is 10.1. The van der Waals surface area contributed by atoms with Gasteiger partial charge in [0, 0.05) is 0 Å². The van der Waals surface area contributed by atoms with Crippen LogP contribution in [-0.4, -0.2) is 40.0 Å². The first-order valence-corrected chi connectivity index (χ1v) is 4.94. The van der Waals surface area contributed by atoms with E-state index in [-0.39, 0.29) is 0 Å². The zero-order valence-electron chi connectivity index (χ0n) is 6.45. The van der Waals surface area contributed by atoms with Gasteiger partial charge in [0.25, 0.3) is 0 Å². The fourth-order valence-corrected chi connectivity index (χ4v) is 2.23. The fraction of sp³-hybridized carbons (Fsp3) is 1.00. The van der Waals surface area contributed by atoms with Crippen LogP contribution in [-0.2, 0) is 13.6 Å². The highest BCUT2D eigenvalue weighted by molar-refractivity contribution is 7.47. The summed E-state index contributed by atoms with van der Waals surface area (Å²) < 4.78 is 19.8. The van der Waals surface area contributed by atoms with Crippen molar-refractivity contribution in [2.45, 2.75) is 25.2 Å². The molecule has 1 aliphatic rings. The van der Waals surface area contributed by atoms with Crippen molar-refractivity contribution in [3.63, 3.8) is 0 Å². The Morgan fingerprint density at radius 1 is 1.58 bits per heavy atom. The third-order valence-electron chi connectivity index (χ3n) is 1.58. The lowest BCUT2D eigenvalue weighted by Crippen LogP contribution is -2.35. The van der Waals surface area contributed by atoms with Crippen LogP contribution in [0.5, 0.6) is 0 Å². The second-order valence-electron chi connectivity index (χ2n) is 2.60. The van der Waals surface area contributed by atoms with Crippen molar-refractivity contribution in [1.82, 2.24) is 0 Å². The van der Waals surface area contributed by atoms with Gasteiger partial charge in [-0.2, -0.15) is 0 Å². The second-order valence-corrected chi connectivity index (χ2v) is 3.96. The summed E-state index contributed by atoms with van der Waals surface area (Å²) in [7, 11) is -3.99. The number of phosphoric acid groups is 1. The zero-order chi connectivity index (χ0) is 9.35. The summed E-state index contributed by atoms with van der Waals surface area (Å²) in [5.41, 5.74) is 0. The molecule has 1 aliphatic heterocycles. The molecule has 0 amide bonds. The summed E-state index contributed by atoms with van der Waals surface area (Å²) >= 11 is 0. The summed E-state index contributed by atoms with van der Waals surface area (Å²) in [6.07, 6.45) is -2.82. The first-order valence-electron chi connectivity index (χ1n) is 3.45. The molecule has 0 aromatic heterocycles. The highest BCUT2D eigenvalue weighted by atomic mass is 31.2. The zero-order valence-corrected chi connectivity index (χ0v) is 7.35. The van der Waals surface area contributed by atoms with Gasteiger partial charge in [0.1, 0.15) is 12.2 Å². The minimum atomic E-state index is -3.99. The third kappa shape index (κ3) is 2.04. The Bertz CT molecular complexity index is 206. The second kappa shape index (κ2) is 3.41. The molecule has 1 saturated heterocycles. The predicted octanol–water partition coefficient (Wildman–Crippen LogP) is -0.756. The van der Waals surface area contributed by atoms with Crippen molar-refractivity contribution in [3.05, 3.63) is 0 Å². The van der Waals surface area contributed by atoms with Gasteiger partial charge in [-0.15, -0.1) is 0 Å². The smallest absolute Gasteiger partial charge is 0.394 e. The molecule has 7 heteroatoms. The molecule has 1 rings (SSSR count). The van der Waals surface area contributed by atoms with Crippen LogP contribution in [0.25, 0.3) is 0 Å². The molecule has 0 spiro atoms. The molecule has 1 fully saturated rings. The molecule has 3 N–H and O–H groups in total. The first-order chi connectivity index (χ1) is 5.46. The van der Waals surface area contributed by atoms with Crippen LogP contribution in [0.2, 0.25) is 0 Å². The molecule has 0 saturated carbocycles. The molecule has 2 unspecified atom stereocenters. The van der Waals surface area contributed by atoms with Gasteiger partial charge in [-0.3, -0.25) is 9.05 Å². The monoisotopic (exact) mass is 198 g/mol. The Morgan fingerprint density at radius 2 is 2.17 bits per heavy atom. The Balaban J connectivity index is 2.64. The standard InChI is InChI=1S/C5H11O6P/c1-3-5(4(7)2-6)11-12(8,9)10-3/h3-7H,2H2,1H3,(H,8,9)/t3-,4-,5?/m1/s1. The van der Waals surface area contributed by atoms with Gasteiger partial charge in [0.2, 0.25) is 0 Å². The van der Waals surface area contributed by atoms with Gasteiger partial charge in [-0.05, 0) is 6.92 Å². The number of phosphoric ester groups is 1. The van der Waals surface area contributed by atoms with Gasteiger partial charge < -0.3 is 15.1 Å². The summed E-state index contributed by atoms with van der Waals surface area (Å²) in [5, 5.41) is 17.6. The maximum absolute atomic E-state index is 10.8. The molecular formula is C5H11O6P. The van der Waals surface area contributed by atoms with Gasteiger partial charge in [-0.25, -0.2) is 4.57 Å². The summed E-state index contributed by atoms with van der Waals surface area (Å²) in [4.78, 5) is 8.80. The van der Waals surface area contributed by atoms with E-state index in [1.165, 1.54) is 6.92 Å². The average Bonchev–Trinajstić information content (AvgIpc) is 2.23. The van der Waals surface area contributed by atoms with E-state index in [1.807, 2.05) is 0 Å². The van der Waals surface area contributed by atoms with Gasteiger partial charge in [0.05, 0.1) is 12.7 Å². The quantitative estimate of drug-likeness (QED) is 0.505. The topological polar surface area (TPSA) is 96.2 Å². The van der Waals surface area contributed by atoms with Crippen LogP contribution >= 0.6 is 7.82 Å². The molecule has 0 radical (unpaired) electrons. The van der Waals surface area contributed by atoms with Crippen LogP contribution in [0.3, 0.4) is 0 Å². The molecular weight excluding hydrogens is 187 g/mol. The Morgan fingerprint density at radius 3 is 2.50 bits per heavy atom. The van der Waals surface area contributed by atoms with Crippen molar-refractivity contribution in [3.8, 4) is 0 Å². The van der Waals surface area contributed by atoms with E-state index in [0.29, 0.717) is 0 Å². The predicted molar refractivity (Wildman–Crippen MR) is 38.3 cm³/mol. The first kappa shape index (κ1) is 10.1. The van der Waals surface area contributed by atoms with Crippen LogP contribution in [0.1, 0.15) is 6.92 Å². The van der Waals surface area contributed by atoms with Crippen molar-refractivity contribution in [1.29, 1.82) is 0 Å². The number of aliphatic hydroxyl groups is 2. The molecule has 12 heavy (non-hydrogen) atoms. The Labute approximate surface area is 69.4 Å². The van der Waals surface area contributed by atoms with Gasteiger partial charge in [0.15, 0.2) is 0 Å². The lowest BCUT2D eigenvalue weighted by molar-refractivity contribution is -0.0105. The fourth-order valence-electron chi connectivity index (χ4n) is 1.02. The van der Waals surface area contributed by atoms with E-state index in [0.717, 1.165) is 0 Å². The summed E-state index contributed by atoms with van der Waals surface area (Å²) in [6.45, 7) is 0.956. The van der Waals surface area contributed by atoms with Gasteiger partial charge >= 0.3 is 7.82 Å². The van der Waals surface area contributed by atoms with E-state index < -0.39 is 32.7 Å². The third-order valence-corrected chi connectivity index (χ3v) is 2.69. The highest BCUT2D eigenvalue weighted by Gasteiger charge is 2.44. The van der Waals surface area contributed by atoms with Crippen LogP contribution < -0.4 is 0 Å². The molecule has 72 valence electrons. The van der Waals surface area contributed by atoms with Crippen molar-refractivity contribution >= 4 is 7.82 Å². The largest absolute Gasteiger partial charge is 0.472 e. The summed E-state index contributed by atoms with van der Waals surface area (Å²) in [5.74, 6) is 0. The minimum absolute atomic E-state index is 0.529. The van der Waals surface area contributed by atoms with Crippen molar-refractivity contribution in [2.24, 2.45) is 0 Å². The Hall–Kier alpha value is 0.0300. The van der Waals surface area contributed by atoms with Gasteiger partial charge in [-0.1, -0.05) is 0 Å². The maximum atomic E-state index is 10.8. The minimum Gasteiger partial charge on any atom is -0.394 e. The van der Waals surface area contributed by atoms with Crippen molar-refractivity contribution < 1.29 is 28.7 Å². The van der Waals surface area contributed by atoms with E-state index >= 15 is 0 Å². The number of rotatable bonds is 2. The number of aliphatic hydroxyl groups excluding tert-OH is 2. The molecule has 0 bridgehead atoms.